The second kappa shape index (κ2) is 7.05. The average molecular weight is 292 g/mol. The van der Waals surface area contributed by atoms with Crippen LogP contribution in [0.3, 0.4) is 0 Å². The Morgan fingerprint density at radius 2 is 1.68 bits per heavy atom. The molecule has 0 spiro atoms. The molecule has 0 radical (unpaired) electrons. The molecule has 0 fully saturated rings. The smallest absolute Gasteiger partial charge is 0.118 e. The van der Waals surface area contributed by atoms with E-state index in [1.54, 1.807) is 7.11 Å². The SMILES string of the molecule is COCC(c1ccccc1)c1nccn1Cc1ccccc1. The van der Waals surface area contributed by atoms with Crippen LogP contribution in [0.25, 0.3) is 0 Å². The van der Waals surface area contributed by atoms with Gasteiger partial charge in [0.2, 0.25) is 0 Å². The third-order valence-electron chi connectivity index (χ3n) is 3.79. The fourth-order valence-electron chi connectivity index (χ4n) is 2.72. The number of ether oxygens (including phenoxy) is 1. The molecule has 22 heavy (non-hydrogen) atoms. The average Bonchev–Trinajstić information content (AvgIpc) is 3.02. The summed E-state index contributed by atoms with van der Waals surface area (Å²) in [5.74, 6) is 1.18. The van der Waals surface area contributed by atoms with Crippen LogP contribution in [0.4, 0.5) is 0 Å². The summed E-state index contributed by atoms with van der Waals surface area (Å²) in [4.78, 5) is 4.59. The summed E-state index contributed by atoms with van der Waals surface area (Å²) in [7, 11) is 1.74. The number of nitrogens with zero attached hydrogens (tertiary/aromatic N) is 2. The molecule has 0 amide bonds. The molecule has 0 N–H and O–H groups in total. The second-order valence-electron chi connectivity index (χ2n) is 5.32. The van der Waals surface area contributed by atoms with Crippen LogP contribution in [-0.4, -0.2) is 23.3 Å². The Hall–Kier alpha value is -2.39. The minimum absolute atomic E-state index is 0.143. The summed E-state index contributed by atoms with van der Waals surface area (Å²) in [6, 6.07) is 20.8. The molecular weight excluding hydrogens is 272 g/mol. The Balaban J connectivity index is 1.91. The summed E-state index contributed by atoms with van der Waals surface area (Å²) in [5, 5.41) is 0. The molecule has 3 rings (SSSR count). The molecule has 0 saturated carbocycles. The van der Waals surface area contributed by atoms with E-state index in [4.69, 9.17) is 4.74 Å². The van der Waals surface area contributed by atoms with E-state index in [2.05, 4.69) is 58.1 Å². The monoisotopic (exact) mass is 292 g/mol. The summed E-state index contributed by atoms with van der Waals surface area (Å²) in [6.07, 6.45) is 3.90. The predicted molar refractivity (Wildman–Crippen MR) is 87.9 cm³/mol. The topological polar surface area (TPSA) is 27.1 Å². The maximum absolute atomic E-state index is 5.43. The maximum atomic E-state index is 5.43. The van der Waals surface area contributed by atoms with Crippen molar-refractivity contribution in [1.82, 2.24) is 9.55 Å². The van der Waals surface area contributed by atoms with Gasteiger partial charge in [-0.2, -0.15) is 0 Å². The molecule has 0 aliphatic carbocycles. The zero-order valence-corrected chi connectivity index (χ0v) is 12.7. The van der Waals surface area contributed by atoms with E-state index in [0.717, 1.165) is 12.4 Å². The van der Waals surface area contributed by atoms with Crippen molar-refractivity contribution in [2.24, 2.45) is 0 Å². The lowest BCUT2D eigenvalue weighted by molar-refractivity contribution is 0.186. The fraction of sp³-hybridized carbons (Fsp3) is 0.211. The molecule has 1 unspecified atom stereocenters. The number of aromatic nitrogens is 2. The first kappa shape index (κ1) is 14.5. The molecular formula is C19H20N2O. The summed E-state index contributed by atoms with van der Waals surface area (Å²) in [6.45, 7) is 1.44. The molecule has 3 nitrogen and oxygen atoms in total. The van der Waals surface area contributed by atoms with Gasteiger partial charge in [-0.3, -0.25) is 0 Å². The molecule has 0 aliphatic rings. The van der Waals surface area contributed by atoms with E-state index in [1.807, 2.05) is 24.5 Å². The number of benzene rings is 2. The van der Waals surface area contributed by atoms with Crippen LogP contribution in [-0.2, 0) is 11.3 Å². The number of methoxy groups -OCH3 is 1. The Morgan fingerprint density at radius 1 is 1.00 bits per heavy atom. The van der Waals surface area contributed by atoms with E-state index in [1.165, 1.54) is 11.1 Å². The lowest BCUT2D eigenvalue weighted by Crippen LogP contribution is -2.15. The maximum Gasteiger partial charge on any atom is 0.118 e. The van der Waals surface area contributed by atoms with Crippen LogP contribution in [0.2, 0.25) is 0 Å². The van der Waals surface area contributed by atoms with Gasteiger partial charge in [-0.15, -0.1) is 0 Å². The molecule has 0 aliphatic heterocycles. The van der Waals surface area contributed by atoms with Crippen LogP contribution < -0.4 is 0 Å². The highest BCUT2D eigenvalue weighted by Gasteiger charge is 2.19. The molecule has 3 heteroatoms. The van der Waals surface area contributed by atoms with Crippen molar-refractivity contribution in [3.8, 4) is 0 Å². The van der Waals surface area contributed by atoms with Gasteiger partial charge in [0.25, 0.3) is 0 Å². The van der Waals surface area contributed by atoms with E-state index < -0.39 is 0 Å². The van der Waals surface area contributed by atoms with Gasteiger partial charge < -0.3 is 9.30 Å². The highest BCUT2D eigenvalue weighted by atomic mass is 16.5. The highest BCUT2D eigenvalue weighted by molar-refractivity contribution is 5.27. The van der Waals surface area contributed by atoms with Gasteiger partial charge in [0, 0.05) is 26.0 Å². The van der Waals surface area contributed by atoms with Gasteiger partial charge in [-0.05, 0) is 11.1 Å². The lowest BCUT2D eigenvalue weighted by atomic mass is 9.99. The summed E-state index contributed by atoms with van der Waals surface area (Å²) < 4.78 is 7.63. The molecule has 0 saturated heterocycles. The van der Waals surface area contributed by atoms with E-state index in [0.29, 0.717) is 6.61 Å². The Labute approximate surface area is 131 Å². The molecule has 1 atom stereocenters. The van der Waals surface area contributed by atoms with Crippen molar-refractivity contribution >= 4 is 0 Å². The van der Waals surface area contributed by atoms with Crippen molar-refractivity contribution in [2.75, 3.05) is 13.7 Å². The van der Waals surface area contributed by atoms with Gasteiger partial charge in [0.1, 0.15) is 5.82 Å². The van der Waals surface area contributed by atoms with Crippen LogP contribution in [0.1, 0.15) is 22.9 Å². The number of imidazole rings is 1. The predicted octanol–water partition coefficient (Wildman–Crippen LogP) is 3.71. The van der Waals surface area contributed by atoms with Crippen molar-refractivity contribution in [2.45, 2.75) is 12.5 Å². The van der Waals surface area contributed by atoms with E-state index >= 15 is 0 Å². The van der Waals surface area contributed by atoms with Gasteiger partial charge in [-0.25, -0.2) is 4.98 Å². The molecule has 0 bridgehead atoms. The number of hydrogen-bond acceptors (Lipinski definition) is 2. The van der Waals surface area contributed by atoms with Gasteiger partial charge in [0.05, 0.1) is 12.5 Å². The van der Waals surface area contributed by atoms with Crippen LogP contribution in [0.15, 0.2) is 73.1 Å². The normalized spacial score (nSPS) is 12.2. The van der Waals surface area contributed by atoms with Crippen molar-refractivity contribution in [1.29, 1.82) is 0 Å². The standard InChI is InChI=1S/C19H20N2O/c1-22-15-18(17-10-6-3-7-11-17)19-20-12-13-21(19)14-16-8-4-2-5-9-16/h2-13,18H,14-15H2,1H3. The third-order valence-corrected chi connectivity index (χ3v) is 3.79. The van der Waals surface area contributed by atoms with Gasteiger partial charge in [-0.1, -0.05) is 60.7 Å². The number of hydrogen-bond donors (Lipinski definition) is 0. The largest absolute Gasteiger partial charge is 0.384 e. The van der Waals surface area contributed by atoms with Crippen LogP contribution >= 0.6 is 0 Å². The zero-order valence-electron chi connectivity index (χ0n) is 12.7. The number of rotatable bonds is 6. The summed E-state index contributed by atoms with van der Waals surface area (Å²) in [5.41, 5.74) is 2.50. The molecule has 1 heterocycles. The Kier molecular flexibility index (Phi) is 4.66. The Bertz CT molecular complexity index is 692. The first-order chi connectivity index (χ1) is 10.9. The van der Waals surface area contributed by atoms with Crippen LogP contribution in [0.5, 0.6) is 0 Å². The van der Waals surface area contributed by atoms with Gasteiger partial charge in [0.15, 0.2) is 0 Å². The zero-order chi connectivity index (χ0) is 15.2. The molecule has 1 aromatic heterocycles. The minimum atomic E-state index is 0.143. The van der Waals surface area contributed by atoms with E-state index in [-0.39, 0.29) is 5.92 Å². The lowest BCUT2D eigenvalue weighted by Gasteiger charge is -2.18. The first-order valence-corrected chi connectivity index (χ1v) is 7.47. The van der Waals surface area contributed by atoms with E-state index in [9.17, 15) is 0 Å². The van der Waals surface area contributed by atoms with Crippen molar-refractivity contribution < 1.29 is 4.74 Å². The Morgan fingerprint density at radius 3 is 2.36 bits per heavy atom. The van der Waals surface area contributed by atoms with Crippen molar-refractivity contribution in [3.05, 3.63) is 90.0 Å². The molecule has 3 aromatic rings. The fourth-order valence-corrected chi connectivity index (χ4v) is 2.72. The molecule has 2 aromatic carbocycles. The summed E-state index contributed by atoms with van der Waals surface area (Å²) >= 11 is 0. The van der Waals surface area contributed by atoms with Crippen LogP contribution in [0, 0.1) is 0 Å². The van der Waals surface area contributed by atoms with Gasteiger partial charge >= 0.3 is 0 Å². The highest BCUT2D eigenvalue weighted by Crippen LogP contribution is 2.24. The quantitative estimate of drug-likeness (QED) is 0.692. The van der Waals surface area contributed by atoms with Crippen molar-refractivity contribution in [3.63, 3.8) is 0 Å². The first-order valence-electron chi connectivity index (χ1n) is 7.47. The molecule has 112 valence electrons. The minimum Gasteiger partial charge on any atom is -0.384 e. The third kappa shape index (κ3) is 3.26. The second-order valence-corrected chi connectivity index (χ2v) is 5.32.